The van der Waals surface area contributed by atoms with Crippen LogP contribution in [0.2, 0.25) is 0 Å². The van der Waals surface area contributed by atoms with E-state index >= 15 is 0 Å². The van der Waals surface area contributed by atoms with Gasteiger partial charge in [-0.1, -0.05) is 6.92 Å². The molecular weight excluding hydrogens is 294 g/mol. The van der Waals surface area contributed by atoms with Gasteiger partial charge in [0.1, 0.15) is 22.8 Å². The van der Waals surface area contributed by atoms with Gasteiger partial charge in [0, 0.05) is 17.3 Å². The summed E-state index contributed by atoms with van der Waals surface area (Å²) in [6.07, 6.45) is 2.56. The second-order valence-electron chi connectivity index (χ2n) is 4.18. The monoisotopic (exact) mass is 307 g/mol. The number of fused-ring (bicyclic) bond motifs is 1. The molecule has 0 aromatic carbocycles. The molecule has 0 spiro atoms. The molecule has 8 heteroatoms. The molecule has 0 amide bonds. The van der Waals surface area contributed by atoms with Crippen LogP contribution in [-0.2, 0) is 20.1 Å². The van der Waals surface area contributed by atoms with Crippen LogP contribution in [0.5, 0.6) is 0 Å². The number of hydrogen-bond acceptors (Lipinski definition) is 7. The summed E-state index contributed by atoms with van der Waals surface area (Å²) in [6.45, 7) is 2.00. The highest BCUT2D eigenvalue weighted by molar-refractivity contribution is 7.99. The fourth-order valence-corrected chi connectivity index (χ4v) is 3.66. The second kappa shape index (κ2) is 5.47. The molecule has 0 radical (unpaired) electrons. The van der Waals surface area contributed by atoms with Crippen molar-refractivity contribution in [2.75, 3.05) is 0 Å². The third-order valence-corrected chi connectivity index (χ3v) is 5.19. The average molecular weight is 307 g/mol. The minimum atomic E-state index is -0.123. The Morgan fingerprint density at radius 3 is 2.90 bits per heavy atom. The fraction of sp³-hybridized carbons (Fsp3) is 0.333. The van der Waals surface area contributed by atoms with Crippen LogP contribution in [0.15, 0.2) is 22.6 Å². The van der Waals surface area contributed by atoms with Crippen molar-refractivity contribution in [1.29, 1.82) is 0 Å². The van der Waals surface area contributed by atoms with Crippen LogP contribution in [0.4, 0.5) is 0 Å². The average Bonchev–Trinajstić information content (AvgIpc) is 3.04. The van der Waals surface area contributed by atoms with E-state index in [1.807, 2.05) is 7.05 Å². The SMILES string of the molecule is CCc1cc2c(Sc3nnc(CO)n3C)ncnc2s1. The Hall–Kier alpha value is -1.51. The van der Waals surface area contributed by atoms with Gasteiger partial charge in [0.2, 0.25) is 0 Å². The Morgan fingerprint density at radius 2 is 2.20 bits per heavy atom. The van der Waals surface area contributed by atoms with Crippen molar-refractivity contribution in [2.24, 2.45) is 7.05 Å². The van der Waals surface area contributed by atoms with E-state index in [-0.39, 0.29) is 6.61 Å². The molecule has 0 fully saturated rings. The molecule has 0 bridgehead atoms. The molecule has 1 N–H and O–H groups in total. The van der Waals surface area contributed by atoms with E-state index < -0.39 is 0 Å². The van der Waals surface area contributed by atoms with E-state index in [0.717, 1.165) is 21.7 Å². The van der Waals surface area contributed by atoms with Gasteiger partial charge in [-0.3, -0.25) is 0 Å². The lowest BCUT2D eigenvalue weighted by molar-refractivity contribution is 0.266. The number of aromatic nitrogens is 5. The van der Waals surface area contributed by atoms with Crippen LogP contribution < -0.4 is 0 Å². The molecule has 104 valence electrons. The fourth-order valence-electron chi connectivity index (χ4n) is 1.80. The van der Waals surface area contributed by atoms with Gasteiger partial charge in [0.05, 0.1) is 0 Å². The maximum atomic E-state index is 9.15. The largest absolute Gasteiger partial charge is 0.388 e. The zero-order chi connectivity index (χ0) is 14.1. The lowest BCUT2D eigenvalue weighted by atomic mass is 10.3. The number of aliphatic hydroxyl groups excluding tert-OH is 1. The molecule has 3 aromatic rings. The van der Waals surface area contributed by atoms with Crippen molar-refractivity contribution < 1.29 is 5.11 Å². The van der Waals surface area contributed by atoms with E-state index in [2.05, 4.69) is 33.2 Å². The van der Waals surface area contributed by atoms with Crippen LogP contribution in [0.1, 0.15) is 17.6 Å². The maximum Gasteiger partial charge on any atom is 0.197 e. The van der Waals surface area contributed by atoms with Gasteiger partial charge in [0.25, 0.3) is 0 Å². The molecule has 0 aliphatic carbocycles. The Balaban J connectivity index is 2.01. The summed E-state index contributed by atoms with van der Waals surface area (Å²) in [5.41, 5.74) is 0. The molecule has 6 nitrogen and oxygen atoms in total. The Labute approximate surface area is 123 Å². The first-order chi connectivity index (χ1) is 9.72. The third kappa shape index (κ3) is 2.30. The molecule has 0 saturated carbocycles. The summed E-state index contributed by atoms with van der Waals surface area (Å²) in [7, 11) is 1.83. The van der Waals surface area contributed by atoms with Gasteiger partial charge in [-0.25, -0.2) is 9.97 Å². The first-order valence-electron chi connectivity index (χ1n) is 6.13. The van der Waals surface area contributed by atoms with E-state index in [1.54, 1.807) is 22.2 Å². The van der Waals surface area contributed by atoms with Gasteiger partial charge in [-0.2, -0.15) is 0 Å². The van der Waals surface area contributed by atoms with Gasteiger partial charge < -0.3 is 9.67 Å². The number of hydrogen-bond donors (Lipinski definition) is 1. The van der Waals surface area contributed by atoms with Crippen LogP contribution in [0.3, 0.4) is 0 Å². The van der Waals surface area contributed by atoms with Crippen molar-refractivity contribution >= 4 is 33.3 Å². The van der Waals surface area contributed by atoms with E-state index in [4.69, 9.17) is 5.11 Å². The minimum absolute atomic E-state index is 0.123. The zero-order valence-corrected chi connectivity index (χ0v) is 12.7. The second-order valence-corrected chi connectivity index (χ2v) is 6.25. The van der Waals surface area contributed by atoms with Gasteiger partial charge in [-0.05, 0) is 24.2 Å². The predicted molar refractivity (Wildman–Crippen MR) is 77.8 cm³/mol. The number of nitrogens with zero attached hydrogens (tertiary/aromatic N) is 5. The lowest BCUT2D eigenvalue weighted by Crippen LogP contribution is -1.98. The Kier molecular flexibility index (Phi) is 3.68. The van der Waals surface area contributed by atoms with Gasteiger partial charge >= 0.3 is 0 Å². The summed E-state index contributed by atoms with van der Waals surface area (Å²) in [4.78, 5) is 10.9. The highest BCUT2D eigenvalue weighted by atomic mass is 32.2. The topological polar surface area (TPSA) is 76.7 Å². The molecule has 3 heterocycles. The summed E-state index contributed by atoms with van der Waals surface area (Å²) >= 11 is 3.13. The summed E-state index contributed by atoms with van der Waals surface area (Å²) in [5.74, 6) is 0.539. The van der Waals surface area contributed by atoms with Crippen molar-refractivity contribution in [3.05, 3.63) is 23.1 Å². The quantitative estimate of drug-likeness (QED) is 0.743. The van der Waals surface area contributed by atoms with Gasteiger partial charge in [0.15, 0.2) is 11.0 Å². The van der Waals surface area contributed by atoms with Crippen molar-refractivity contribution in [1.82, 2.24) is 24.7 Å². The predicted octanol–water partition coefficient (Wildman–Crippen LogP) is 2.03. The molecule has 0 atom stereocenters. The van der Waals surface area contributed by atoms with E-state index in [1.165, 1.54) is 16.6 Å². The Bertz CT molecular complexity index is 751. The standard InChI is InChI=1S/C12H13N5OS2/c1-3-7-4-8-10(19-7)13-6-14-11(8)20-12-16-15-9(5-18)17(12)2/h4,6,18H,3,5H2,1-2H3. The van der Waals surface area contributed by atoms with Crippen LogP contribution in [0, 0.1) is 0 Å². The number of thiophene rings is 1. The lowest BCUT2D eigenvalue weighted by Gasteiger charge is -2.02. The van der Waals surface area contributed by atoms with Crippen molar-refractivity contribution in [3.8, 4) is 0 Å². The molecule has 0 aliphatic heterocycles. The molecule has 0 unspecified atom stereocenters. The number of aliphatic hydroxyl groups is 1. The van der Waals surface area contributed by atoms with Crippen LogP contribution in [-0.4, -0.2) is 29.8 Å². The van der Waals surface area contributed by atoms with Crippen LogP contribution in [0.25, 0.3) is 10.2 Å². The number of rotatable bonds is 4. The number of aryl methyl sites for hydroxylation is 1. The van der Waals surface area contributed by atoms with Crippen LogP contribution >= 0.6 is 23.1 Å². The highest BCUT2D eigenvalue weighted by Crippen LogP contribution is 2.33. The molecule has 3 aromatic heterocycles. The summed E-state index contributed by atoms with van der Waals surface area (Å²) in [5, 5.41) is 19.8. The van der Waals surface area contributed by atoms with E-state index in [0.29, 0.717) is 11.0 Å². The maximum absolute atomic E-state index is 9.15. The third-order valence-electron chi connectivity index (χ3n) is 2.95. The van der Waals surface area contributed by atoms with Gasteiger partial charge in [-0.15, -0.1) is 21.5 Å². The minimum Gasteiger partial charge on any atom is -0.388 e. The van der Waals surface area contributed by atoms with Crippen molar-refractivity contribution in [3.63, 3.8) is 0 Å². The summed E-state index contributed by atoms with van der Waals surface area (Å²) in [6, 6.07) is 2.13. The first-order valence-corrected chi connectivity index (χ1v) is 7.76. The zero-order valence-electron chi connectivity index (χ0n) is 11.1. The normalized spacial score (nSPS) is 11.3. The van der Waals surface area contributed by atoms with E-state index in [9.17, 15) is 0 Å². The molecular formula is C12H13N5OS2. The van der Waals surface area contributed by atoms with Crippen molar-refractivity contribution in [2.45, 2.75) is 30.1 Å². The molecule has 0 aliphatic rings. The summed E-state index contributed by atoms with van der Waals surface area (Å²) < 4.78 is 1.77. The smallest absolute Gasteiger partial charge is 0.197 e. The highest BCUT2D eigenvalue weighted by Gasteiger charge is 2.14. The molecule has 0 saturated heterocycles. The molecule has 20 heavy (non-hydrogen) atoms. The Morgan fingerprint density at radius 1 is 1.35 bits per heavy atom. The first kappa shape index (κ1) is 13.5. The molecule has 3 rings (SSSR count).